The molecule has 1 aromatic carbocycles. The Balaban J connectivity index is 1.44. The molecular weight excluding hydrogens is 450 g/mol. The molecule has 4 rings (SSSR count). The predicted octanol–water partition coefficient (Wildman–Crippen LogP) is 2.87. The van der Waals surface area contributed by atoms with E-state index < -0.39 is 5.54 Å². The molecule has 1 aliphatic heterocycles. The smallest absolute Gasteiger partial charge is 0.273 e. The number of carbonyl (C=O) groups excluding carboxylic acids is 3. The number of aromatic nitrogens is 2. The summed E-state index contributed by atoms with van der Waals surface area (Å²) in [7, 11) is 0. The first-order valence-corrected chi connectivity index (χ1v) is 13.2. The van der Waals surface area contributed by atoms with Gasteiger partial charge in [-0.1, -0.05) is 25.0 Å². The van der Waals surface area contributed by atoms with Crippen LogP contribution in [0.15, 0.2) is 35.2 Å². The molecule has 9 heteroatoms. The van der Waals surface area contributed by atoms with Crippen molar-refractivity contribution in [2.45, 2.75) is 69.0 Å². The molecule has 1 fully saturated rings. The highest BCUT2D eigenvalue weighted by Gasteiger charge is 2.48. The highest BCUT2D eigenvalue weighted by atomic mass is 32.2. The largest absolute Gasteiger partial charge is 0.351 e. The molecule has 2 aliphatic rings. The molecule has 8 nitrogen and oxygen atoms in total. The molecule has 2 N–H and O–H groups in total. The molecule has 0 radical (unpaired) electrons. The quantitative estimate of drug-likeness (QED) is 0.563. The Bertz CT molecular complexity index is 1060. The zero-order valence-electron chi connectivity index (χ0n) is 20.1. The fourth-order valence-corrected chi connectivity index (χ4v) is 5.27. The molecule has 0 bridgehead atoms. The van der Waals surface area contributed by atoms with Gasteiger partial charge in [-0.2, -0.15) is 5.10 Å². The van der Waals surface area contributed by atoms with Crippen molar-refractivity contribution in [3.8, 4) is 0 Å². The Morgan fingerprint density at radius 3 is 2.56 bits per heavy atom. The SMILES string of the molecule is CCN1C(=O)c2cc(C(=O)NCCc3ccc(SC)cc3)nn2C[C@@]1(C)C(=O)NC1CCCC1. The molecule has 1 saturated carbocycles. The molecule has 34 heavy (non-hydrogen) atoms. The van der Waals surface area contributed by atoms with Gasteiger partial charge < -0.3 is 15.5 Å². The first-order chi connectivity index (χ1) is 16.4. The Morgan fingerprint density at radius 1 is 1.21 bits per heavy atom. The van der Waals surface area contributed by atoms with E-state index in [9.17, 15) is 14.4 Å². The minimum absolute atomic E-state index is 0.158. The number of fused-ring (bicyclic) bond motifs is 1. The first-order valence-electron chi connectivity index (χ1n) is 12.0. The van der Waals surface area contributed by atoms with Crippen molar-refractivity contribution in [2.24, 2.45) is 0 Å². The van der Waals surface area contributed by atoms with E-state index in [-0.39, 0.29) is 36.0 Å². The third-order valence-corrected chi connectivity index (χ3v) is 7.63. The van der Waals surface area contributed by atoms with Gasteiger partial charge in [-0.25, -0.2) is 0 Å². The van der Waals surface area contributed by atoms with Gasteiger partial charge in [0.05, 0.1) is 6.54 Å². The van der Waals surface area contributed by atoms with Crippen molar-refractivity contribution in [1.29, 1.82) is 0 Å². The lowest BCUT2D eigenvalue weighted by Crippen LogP contribution is -2.64. The van der Waals surface area contributed by atoms with E-state index in [4.69, 9.17) is 0 Å². The zero-order chi connectivity index (χ0) is 24.3. The molecule has 0 unspecified atom stereocenters. The van der Waals surface area contributed by atoms with Gasteiger partial charge in [-0.15, -0.1) is 11.8 Å². The van der Waals surface area contributed by atoms with E-state index in [1.165, 1.54) is 15.6 Å². The van der Waals surface area contributed by atoms with E-state index in [1.54, 1.807) is 23.6 Å². The molecule has 1 aliphatic carbocycles. The van der Waals surface area contributed by atoms with Crippen LogP contribution < -0.4 is 10.6 Å². The second-order valence-electron chi connectivity index (χ2n) is 9.20. The van der Waals surface area contributed by atoms with Gasteiger partial charge >= 0.3 is 0 Å². The Morgan fingerprint density at radius 2 is 1.91 bits per heavy atom. The van der Waals surface area contributed by atoms with Gasteiger partial charge in [0.25, 0.3) is 11.8 Å². The van der Waals surface area contributed by atoms with Crippen molar-refractivity contribution in [3.63, 3.8) is 0 Å². The number of nitrogens with one attached hydrogen (secondary N) is 2. The van der Waals surface area contributed by atoms with E-state index in [0.717, 1.165) is 31.2 Å². The second kappa shape index (κ2) is 10.2. The van der Waals surface area contributed by atoms with E-state index >= 15 is 0 Å². The van der Waals surface area contributed by atoms with Crippen LogP contribution >= 0.6 is 11.8 Å². The second-order valence-corrected chi connectivity index (χ2v) is 10.1. The molecule has 1 atom stereocenters. The number of amides is 3. The first kappa shape index (κ1) is 24.3. The molecule has 182 valence electrons. The van der Waals surface area contributed by atoms with Crippen LogP contribution in [0.3, 0.4) is 0 Å². The Hall–Kier alpha value is -2.81. The van der Waals surface area contributed by atoms with Gasteiger partial charge in [-0.05, 0) is 57.1 Å². The summed E-state index contributed by atoms with van der Waals surface area (Å²) in [6, 6.07) is 9.94. The number of nitrogens with zero attached hydrogens (tertiary/aromatic N) is 3. The number of hydrogen-bond donors (Lipinski definition) is 2. The monoisotopic (exact) mass is 483 g/mol. The highest BCUT2D eigenvalue weighted by Crippen LogP contribution is 2.28. The van der Waals surface area contributed by atoms with Crippen LogP contribution in [-0.4, -0.2) is 63.3 Å². The lowest BCUT2D eigenvalue weighted by Gasteiger charge is -2.43. The standard InChI is InChI=1S/C25H33N5O3S/c1-4-29-23(32)21-15-20(22(31)26-14-13-17-9-11-19(34-3)12-10-17)28-30(21)16-25(29,2)24(33)27-18-7-5-6-8-18/h9-12,15,18H,4-8,13-14,16H2,1-3H3,(H,26,31)(H,27,33)/t25-/m0/s1. The average Bonchev–Trinajstić information content (AvgIpc) is 3.49. The maximum atomic E-state index is 13.2. The van der Waals surface area contributed by atoms with Gasteiger partial charge in [0.15, 0.2) is 5.69 Å². The molecule has 0 saturated heterocycles. The van der Waals surface area contributed by atoms with E-state index in [0.29, 0.717) is 25.2 Å². The highest BCUT2D eigenvalue weighted by molar-refractivity contribution is 7.98. The molecule has 3 amide bonds. The number of benzene rings is 1. The summed E-state index contributed by atoms with van der Waals surface area (Å²) >= 11 is 1.69. The van der Waals surface area contributed by atoms with Crippen molar-refractivity contribution in [1.82, 2.24) is 25.3 Å². The molecule has 0 spiro atoms. The summed E-state index contributed by atoms with van der Waals surface area (Å²) < 4.78 is 1.51. The summed E-state index contributed by atoms with van der Waals surface area (Å²) in [5, 5.41) is 10.4. The lowest BCUT2D eigenvalue weighted by molar-refractivity contribution is -0.133. The summed E-state index contributed by atoms with van der Waals surface area (Å²) in [5.74, 6) is -0.761. The average molecular weight is 484 g/mol. The van der Waals surface area contributed by atoms with Crippen molar-refractivity contribution < 1.29 is 14.4 Å². The van der Waals surface area contributed by atoms with Crippen LogP contribution in [0.2, 0.25) is 0 Å². The fraction of sp³-hybridized carbons (Fsp3) is 0.520. The molecule has 2 aromatic rings. The van der Waals surface area contributed by atoms with Crippen molar-refractivity contribution >= 4 is 29.5 Å². The normalized spacial score (nSPS) is 20.3. The third-order valence-electron chi connectivity index (χ3n) is 6.88. The zero-order valence-corrected chi connectivity index (χ0v) is 20.9. The number of hydrogen-bond acceptors (Lipinski definition) is 5. The number of carbonyl (C=O) groups is 3. The Labute approximate surface area is 204 Å². The predicted molar refractivity (Wildman–Crippen MR) is 132 cm³/mol. The minimum atomic E-state index is -1.05. The minimum Gasteiger partial charge on any atom is -0.351 e. The lowest BCUT2D eigenvalue weighted by atomic mass is 9.94. The number of rotatable bonds is 8. The number of thioether (sulfide) groups is 1. The van der Waals surface area contributed by atoms with Crippen molar-refractivity contribution in [3.05, 3.63) is 47.3 Å². The molecular formula is C25H33N5O3S. The molecule has 1 aromatic heterocycles. The van der Waals surface area contributed by atoms with Crippen LogP contribution in [-0.2, 0) is 17.8 Å². The molecule has 2 heterocycles. The third kappa shape index (κ3) is 4.85. The van der Waals surface area contributed by atoms with E-state index in [1.807, 2.05) is 13.2 Å². The summed E-state index contributed by atoms with van der Waals surface area (Å²) in [4.78, 5) is 42.0. The summed E-state index contributed by atoms with van der Waals surface area (Å²) in [5.41, 5.74) is 0.618. The summed E-state index contributed by atoms with van der Waals surface area (Å²) in [6.07, 6.45) is 6.92. The fourth-order valence-electron chi connectivity index (χ4n) is 4.86. The van der Waals surface area contributed by atoms with E-state index in [2.05, 4.69) is 40.0 Å². The van der Waals surface area contributed by atoms with Crippen LogP contribution in [0.4, 0.5) is 0 Å². The maximum absolute atomic E-state index is 13.2. The Kier molecular flexibility index (Phi) is 7.30. The van der Waals surface area contributed by atoms with Gasteiger partial charge in [0.2, 0.25) is 5.91 Å². The summed E-state index contributed by atoms with van der Waals surface area (Å²) in [6.45, 7) is 4.73. The van der Waals surface area contributed by atoms with Crippen LogP contribution in [0.25, 0.3) is 0 Å². The van der Waals surface area contributed by atoms with Crippen molar-refractivity contribution in [2.75, 3.05) is 19.3 Å². The topological polar surface area (TPSA) is 96.3 Å². The van der Waals surface area contributed by atoms with Gasteiger partial charge in [-0.3, -0.25) is 19.1 Å². The van der Waals surface area contributed by atoms with Crippen LogP contribution in [0.5, 0.6) is 0 Å². The van der Waals surface area contributed by atoms with Crippen LogP contribution in [0.1, 0.15) is 66.1 Å². The maximum Gasteiger partial charge on any atom is 0.273 e. The van der Waals surface area contributed by atoms with Gasteiger partial charge in [0, 0.05) is 30.1 Å². The van der Waals surface area contributed by atoms with Gasteiger partial charge in [0.1, 0.15) is 11.2 Å². The van der Waals surface area contributed by atoms with Crippen LogP contribution in [0, 0.1) is 0 Å². The number of likely N-dealkylation sites (N-methyl/N-ethyl adjacent to an activating group) is 1.